The second-order valence-corrected chi connectivity index (χ2v) is 5.79. The first-order valence-corrected chi connectivity index (χ1v) is 8.49. The molecule has 0 unspecified atom stereocenters. The van der Waals surface area contributed by atoms with Crippen LogP contribution in [-0.2, 0) is 6.42 Å². The molecule has 0 saturated carbocycles. The third kappa shape index (κ3) is 4.86. The van der Waals surface area contributed by atoms with Crippen LogP contribution in [0.5, 0.6) is 17.2 Å². The maximum atomic E-state index is 12.2. The lowest BCUT2D eigenvalue weighted by molar-refractivity contribution is 0.0954. The molecule has 0 aromatic heterocycles. The zero-order valence-electron chi connectivity index (χ0n) is 14.6. The van der Waals surface area contributed by atoms with Gasteiger partial charge in [0.25, 0.3) is 5.91 Å². The van der Waals surface area contributed by atoms with Crippen molar-refractivity contribution in [1.82, 2.24) is 5.32 Å². The third-order valence-electron chi connectivity index (χ3n) is 3.95. The van der Waals surface area contributed by atoms with Gasteiger partial charge in [-0.2, -0.15) is 0 Å². The molecular weight excluding hydrogens is 326 g/mol. The molecule has 0 fully saturated rings. The first-order chi connectivity index (χ1) is 12.7. The van der Waals surface area contributed by atoms with Crippen LogP contribution in [0.3, 0.4) is 0 Å². The summed E-state index contributed by atoms with van der Waals surface area (Å²) in [6, 6.07) is 24.5. The summed E-state index contributed by atoms with van der Waals surface area (Å²) in [6.45, 7) is 0.577. The van der Waals surface area contributed by atoms with Crippen molar-refractivity contribution in [3.05, 3.63) is 90.0 Å². The molecule has 3 aromatic carbocycles. The van der Waals surface area contributed by atoms with Crippen LogP contribution in [0.1, 0.15) is 15.9 Å². The fraction of sp³-hybridized carbons (Fsp3) is 0.136. The Kier molecular flexibility index (Phi) is 5.88. The van der Waals surface area contributed by atoms with Crippen molar-refractivity contribution >= 4 is 5.91 Å². The molecule has 132 valence electrons. The van der Waals surface area contributed by atoms with Crippen molar-refractivity contribution in [2.24, 2.45) is 0 Å². The normalized spacial score (nSPS) is 10.2. The molecule has 0 aliphatic carbocycles. The molecule has 0 atom stereocenters. The number of para-hydroxylation sites is 1. The highest BCUT2D eigenvalue weighted by Gasteiger charge is 2.06. The minimum Gasteiger partial charge on any atom is -0.497 e. The van der Waals surface area contributed by atoms with Crippen LogP contribution in [0.4, 0.5) is 0 Å². The van der Waals surface area contributed by atoms with Gasteiger partial charge in [-0.15, -0.1) is 0 Å². The number of nitrogens with one attached hydrogen (secondary N) is 1. The van der Waals surface area contributed by atoms with E-state index in [1.165, 1.54) is 0 Å². The molecule has 3 aromatic rings. The van der Waals surface area contributed by atoms with E-state index < -0.39 is 0 Å². The van der Waals surface area contributed by atoms with Gasteiger partial charge in [0.05, 0.1) is 7.11 Å². The van der Waals surface area contributed by atoms with Gasteiger partial charge < -0.3 is 14.8 Å². The van der Waals surface area contributed by atoms with Crippen LogP contribution in [-0.4, -0.2) is 19.6 Å². The maximum Gasteiger partial charge on any atom is 0.251 e. The number of methoxy groups -OCH3 is 1. The smallest absolute Gasteiger partial charge is 0.251 e. The predicted octanol–water partition coefficient (Wildman–Crippen LogP) is 4.46. The summed E-state index contributed by atoms with van der Waals surface area (Å²) < 4.78 is 10.9. The van der Waals surface area contributed by atoms with Gasteiger partial charge in [-0.3, -0.25) is 4.79 Å². The first-order valence-electron chi connectivity index (χ1n) is 8.49. The van der Waals surface area contributed by atoms with Crippen molar-refractivity contribution in [3.8, 4) is 17.2 Å². The molecule has 0 spiro atoms. The summed E-state index contributed by atoms with van der Waals surface area (Å²) in [7, 11) is 1.64. The predicted molar refractivity (Wildman–Crippen MR) is 102 cm³/mol. The molecule has 1 amide bonds. The minimum atomic E-state index is -0.0928. The molecule has 26 heavy (non-hydrogen) atoms. The van der Waals surface area contributed by atoms with Crippen LogP contribution < -0.4 is 14.8 Å². The van der Waals surface area contributed by atoms with E-state index in [2.05, 4.69) is 5.32 Å². The van der Waals surface area contributed by atoms with E-state index in [1.807, 2.05) is 54.6 Å². The van der Waals surface area contributed by atoms with Crippen LogP contribution >= 0.6 is 0 Å². The molecule has 0 aliphatic rings. The number of carbonyl (C=O) groups excluding carboxylic acids is 1. The molecule has 0 radical (unpaired) electrons. The lowest BCUT2D eigenvalue weighted by Crippen LogP contribution is -2.25. The average Bonchev–Trinajstić information content (AvgIpc) is 2.70. The van der Waals surface area contributed by atoms with E-state index in [9.17, 15) is 4.79 Å². The fourth-order valence-electron chi connectivity index (χ4n) is 2.51. The number of ether oxygens (including phenoxy) is 2. The standard InChI is InChI=1S/C22H21NO3/c1-25-19-11-7-17(8-12-19)15-16-23-22(24)18-9-13-21(14-10-18)26-20-5-3-2-4-6-20/h2-14H,15-16H2,1H3,(H,23,24). The Hall–Kier alpha value is -3.27. The van der Waals surface area contributed by atoms with Gasteiger partial charge in [-0.25, -0.2) is 0 Å². The Balaban J connectivity index is 1.49. The Morgan fingerprint density at radius 2 is 1.42 bits per heavy atom. The molecule has 0 heterocycles. The van der Waals surface area contributed by atoms with Gasteiger partial charge in [0.1, 0.15) is 17.2 Å². The Bertz CT molecular complexity index is 828. The van der Waals surface area contributed by atoms with Gasteiger partial charge in [-0.1, -0.05) is 30.3 Å². The van der Waals surface area contributed by atoms with E-state index >= 15 is 0 Å². The fourth-order valence-corrected chi connectivity index (χ4v) is 2.51. The third-order valence-corrected chi connectivity index (χ3v) is 3.95. The van der Waals surface area contributed by atoms with Gasteiger partial charge in [-0.05, 0) is 60.5 Å². The lowest BCUT2D eigenvalue weighted by atomic mass is 10.1. The number of hydrogen-bond donors (Lipinski definition) is 1. The summed E-state index contributed by atoms with van der Waals surface area (Å²) in [5, 5.41) is 2.93. The van der Waals surface area contributed by atoms with E-state index in [4.69, 9.17) is 9.47 Å². The zero-order valence-corrected chi connectivity index (χ0v) is 14.6. The Morgan fingerprint density at radius 1 is 0.808 bits per heavy atom. The van der Waals surface area contributed by atoms with E-state index in [0.29, 0.717) is 17.9 Å². The molecule has 4 nitrogen and oxygen atoms in total. The molecule has 0 saturated heterocycles. The first kappa shape index (κ1) is 17.5. The highest BCUT2D eigenvalue weighted by atomic mass is 16.5. The summed E-state index contributed by atoms with van der Waals surface area (Å²) in [6.07, 6.45) is 0.769. The monoisotopic (exact) mass is 347 g/mol. The van der Waals surface area contributed by atoms with Crippen LogP contribution in [0.2, 0.25) is 0 Å². The molecule has 4 heteroatoms. The van der Waals surface area contributed by atoms with Crippen molar-refractivity contribution < 1.29 is 14.3 Å². The van der Waals surface area contributed by atoms with Gasteiger partial charge in [0.15, 0.2) is 0 Å². The summed E-state index contributed by atoms with van der Waals surface area (Å²) in [5.74, 6) is 2.20. The van der Waals surface area contributed by atoms with Crippen LogP contribution in [0, 0.1) is 0 Å². The minimum absolute atomic E-state index is 0.0928. The average molecular weight is 347 g/mol. The number of hydrogen-bond acceptors (Lipinski definition) is 3. The lowest BCUT2D eigenvalue weighted by Gasteiger charge is -2.08. The Morgan fingerprint density at radius 3 is 2.08 bits per heavy atom. The Labute approximate surface area is 153 Å². The summed E-state index contributed by atoms with van der Waals surface area (Å²) in [4.78, 5) is 12.2. The molecule has 0 bridgehead atoms. The highest BCUT2D eigenvalue weighted by molar-refractivity contribution is 5.94. The van der Waals surface area contributed by atoms with E-state index in [-0.39, 0.29) is 5.91 Å². The summed E-state index contributed by atoms with van der Waals surface area (Å²) in [5.41, 5.74) is 1.76. The second-order valence-electron chi connectivity index (χ2n) is 5.79. The molecular formula is C22H21NO3. The molecule has 1 N–H and O–H groups in total. The van der Waals surface area contributed by atoms with Gasteiger partial charge >= 0.3 is 0 Å². The number of rotatable bonds is 7. The quantitative estimate of drug-likeness (QED) is 0.686. The van der Waals surface area contributed by atoms with E-state index in [0.717, 1.165) is 23.5 Å². The molecule has 0 aliphatic heterocycles. The maximum absolute atomic E-state index is 12.2. The van der Waals surface area contributed by atoms with Crippen LogP contribution in [0.15, 0.2) is 78.9 Å². The largest absolute Gasteiger partial charge is 0.497 e. The zero-order chi connectivity index (χ0) is 18.2. The SMILES string of the molecule is COc1ccc(CCNC(=O)c2ccc(Oc3ccccc3)cc2)cc1. The van der Waals surface area contributed by atoms with Crippen molar-refractivity contribution in [2.75, 3.05) is 13.7 Å². The number of amides is 1. The second kappa shape index (κ2) is 8.72. The van der Waals surface area contributed by atoms with Crippen molar-refractivity contribution in [1.29, 1.82) is 0 Å². The van der Waals surface area contributed by atoms with E-state index in [1.54, 1.807) is 31.4 Å². The highest BCUT2D eigenvalue weighted by Crippen LogP contribution is 2.21. The molecule has 3 rings (SSSR count). The van der Waals surface area contributed by atoms with Crippen LogP contribution in [0.25, 0.3) is 0 Å². The topological polar surface area (TPSA) is 47.6 Å². The number of benzene rings is 3. The summed E-state index contributed by atoms with van der Waals surface area (Å²) >= 11 is 0. The van der Waals surface area contributed by atoms with Gasteiger partial charge in [0, 0.05) is 12.1 Å². The van der Waals surface area contributed by atoms with Crippen molar-refractivity contribution in [2.45, 2.75) is 6.42 Å². The van der Waals surface area contributed by atoms with Crippen molar-refractivity contribution in [3.63, 3.8) is 0 Å². The number of carbonyl (C=O) groups is 1. The van der Waals surface area contributed by atoms with Gasteiger partial charge in [0.2, 0.25) is 0 Å².